The molecular formula is C19H24N2O3. The molecule has 0 radical (unpaired) electrons. The summed E-state index contributed by atoms with van der Waals surface area (Å²) in [6, 6.07) is 11.7. The van der Waals surface area contributed by atoms with Gasteiger partial charge in [0.05, 0.1) is 12.7 Å². The molecule has 0 bridgehead atoms. The molecule has 0 aliphatic carbocycles. The summed E-state index contributed by atoms with van der Waals surface area (Å²) in [5.41, 5.74) is 2.53. The predicted octanol–water partition coefficient (Wildman–Crippen LogP) is 3.11. The highest BCUT2D eigenvalue weighted by Crippen LogP contribution is 2.32. The molecule has 0 saturated carbocycles. The fourth-order valence-electron chi connectivity index (χ4n) is 2.50. The minimum absolute atomic E-state index is 0.0439. The van der Waals surface area contributed by atoms with Crippen molar-refractivity contribution in [1.82, 2.24) is 10.3 Å². The van der Waals surface area contributed by atoms with Crippen LogP contribution in [-0.4, -0.2) is 22.2 Å². The Bertz CT molecular complexity index is 683. The molecule has 2 atom stereocenters. The topological polar surface area (TPSA) is 63.6 Å². The molecular weight excluding hydrogens is 304 g/mol. The molecule has 2 unspecified atom stereocenters. The lowest BCUT2D eigenvalue weighted by Crippen LogP contribution is -2.38. The van der Waals surface area contributed by atoms with Gasteiger partial charge < -0.3 is 19.9 Å². The summed E-state index contributed by atoms with van der Waals surface area (Å²) < 4.78 is 11.6. The molecule has 24 heavy (non-hydrogen) atoms. The van der Waals surface area contributed by atoms with Crippen LogP contribution in [0.3, 0.4) is 0 Å². The van der Waals surface area contributed by atoms with Crippen LogP contribution in [0, 0.1) is 0 Å². The highest BCUT2D eigenvalue weighted by Gasteiger charge is 2.24. The first-order valence-electron chi connectivity index (χ1n) is 8.17. The number of aromatic nitrogens is 1. The molecule has 2 N–H and O–H groups in total. The molecule has 2 aromatic rings. The molecule has 1 aliphatic heterocycles. The lowest BCUT2D eigenvalue weighted by Gasteiger charge is -2.27. The van der Waals surface area contributed by atoms with Crippen LogP contribution in [-0.2, 0) is 11.3 Å². The van der Waals surface area contributed by atoms with Gasteiger partial charge in [-0.25, -0.2) is 4.98 Å². The number of β-amino-alcohol motifs (C(OH)–C–C–N with tert-alkyl or cyclic N) is 1. The van der Waals surface area contributed by atoms with E-state index in [2.05, 4.69) is 31.1 Å². The third kappa shape index (κ3) is 4.12. The van der Waals surface area contributed by atoms with Gasteiger partial charge in [0.15, 0.2) is 0 Å². The molecule has 0 spiro atoms. The first-order valence-corrected chi connectivity index (χ1v) is 8.17. The Morgan fingerprint density at radius 1 is 1.29 bits per heavy atom. The van der Waals surface area contributed by atoms with E-state index in [0.29, 0.717) is 19.0 Å². The molecule has 1 aliphatic rings. The van der Waals surface area contributed by atoms with E-state index in [1.165, 1.54) is 0 Å². The number of pyridine rings is 1. The van der Waals surface area contributed by atoms with Gasteiger partial charge in [-0.05, 0) is 26.8 Å². The largest absolute Gasteiger partial charge is 0.443 e. The van der Waals surface area contributed by atoms with Crippen LogP contribution < -0.4 is 10.1 Å². The molecule has 0 fully saturated rings. The molecule has 5 nitrogen and oxygen atoms in total. The fraction of sp³-hybridized carbons (Fsp3) is 0.421. The van der Waals surface area contributed by atoms with Gasteiger partial charge in [-0.1, -0.05) is 30.3 Å². The molecule has 1 aromatic heterocycles. The molecule has 3 rings (SSSR count). The van der Waals surface area contributed by atoms with E-state index in [4.69, 9.17) is 9.47 Å². The lowest BCUT2D eigenvalue weighted by atomic mass is 10.1. The van der Waals surface area contributed by atoms with Crippen molar-refractivity contribution in [2.24, 2.45) is 0 Å². The highest BCUT2D eigenvalue weighted by molar-refractivity contribution is 5.32. The number of fused-ring (bicyclic) bond motifs is 1. The Morgan fingerprint density at radius 2 is 2.04 bits per heavy atom. The van der Waals surface area contributed by atoms with Crippen molar-refractivity contribution in [3.8, 4) is 5.88 Å². The number of hydrogen-bond acceptors (Lipinski definition) is 5. The maximum absolute atomic E-state index is 10.3. The quantitative estimate of drug-likeness (QED) is 0.903. The van der Waals surface area contributed by atoms with Gasteiger partial charge in [0, 0.05) is 35.0 Å². The van der Waals surface area contributed by atoms with Gasteiger partial charge in [-0.3, -0.25) is 0 Å². The smallest absolute Gasteiger partial charge is 0.228 e. The van der Waals surface area contributed by atoms with E-state index < -0.39 is 12.4 Å². The Balaban J connectivity index is 1.70. The van der Waals surface area contributed by atoms with Gasteiger partial charge in [-0.15, -0.1) is 0 Å². The predicted molar refractivity (Wildman–Crippen MR) is 91.6 cm³/mol. The van der Waals surface area contributed by atoms with Gasteiger partial charge in [-0.2, -0.15) is 0 Å². The number of hydrogen-bond donors (Lipinski definition) is 2. The first-order chi connectivity index (χ1) is 11.4. The standard InChI is InChI=1S/C19H24N2O3/c1-19(2,3)21-11-16(22)14-9-15-12-23-18(24-17(15)20-10-14)13-7-5-4-6-8-13/h4-10,16,18,21-22H,11-12H2,1-3H3. The van der Waals surface area contributed by atoms with Crippen LogP contribution in [0.5, 0.6) is 5.88 Å². The van der Waals surface area contributed by atoms with Crippen LogP contribution in [0.25, 0.3) is 0 Å². The van der Waals surface area contributed by atoms with Crippen molar-refractivity contribution in [2.75, 3.05) is 6.54 Å². The maximum atomic E-state index is 10.3. The summed E-state index contributed by atoms with van der Waals surface area (Å²) in [4.78, 5) is 4.37. The minimum atomic E-state index is -0.617. The average Bonchev–Trinajstić information content (AvgIpc) is 2.59. The number of rotatable bonds is 4. The molecule has 1 aromatic carbocycles. The summed E-state index contributed by atoms with van der Waals surface area (Å²) in [5.74, 6) is 0.565. The normalized spacial score (nSPS) is 18.6. The van der Waals surface area contributed by atoms with E-state index in [-0.39, 0.29) is 5.54 Å². The summed E-state index contributed by atoms with van der Waals surface area (Å²) >= 11 is 0. The molecule has 128 valence electrons. The van der Waals surface area contributed by atoms with Gasteiger partial charge in [0.25, 0.3) is 0 Å². The number of benzene rings is 1. The number of nitrogens with zero attached hydrogens (tertiary/aromatic N) is 1. The lowest BCUT2D eigenvalue weighted by molar-refractivity contribution is -0.114. The van der Waals surface area contributed by atoms with E-state index in [9.17, 15) is 5.11 Å². The van der Waals surface area contributed by atoms with E-state index in [1.807, 2.05) is 36.4 Å². The minimum Gasteiger partial charge on any atom is -0.443 e. The third-order valence-electron chi connectivity index (χ3n) is 3.84. The zero-order chi connectivity index (χ0) is 17.2. The second kappa shape index (κ2) is 6.89. The van der Waals surface area contributed by atoms with Crippen molar-refractivity contribution >= 4 is 0 Å². The van der Waals surface area contributed by atoms with Gasteiger partial charge in [0.1, 0.15) is 0 Å². The SMILES string of the molecule is CC(C)(C)NCC(O)c1cnc2c(c1)COC(c1ccccc1)O2. The van der Waals surface area contributed by atoms with Crippen LogP contribution in [0.15, 0.2) is 42.6 Å². The summed E-state index contributed by atoms with van der Waals surface area (Å²) in [6.07, 6.45) is 0.611. The molecule has 2 heterocycles. The van der Waals surface area contributed by atoms with Crippen molar-refractivity contribution in [3.63, 3.8) is 0 Å². The molecule has 5 heteroatoms. The van der Waals surface area contributed by atoms with Crippen LogP contribution in [0.1, 0.15) is 49.9 Å². The van der Waals surface area contributed by atoms with Gasteiger partial charge in [0.2, 0.25) is 12.2 Å². The fourth-order valence-corrected chi connectivity index (χ4v) is 2.50. The van der Waals surface area contributed by atoms with E-state index in [0.717, 1.165) is 16.7 Å². The van der Waals surface area contributed by atoms with Crippen LogP contribution in [0.4, 0.5) is 0 Å². The number of aliphatic hydroxyl groups excluding tert-OH is 1. The zero-order valence-electron chi connectivity index (χ0n) is 14.3. The highest BCUT2D eigenvalue weighted by atomic mass is 16.7. The third-order valence-corrected chi connectivity index (χ3v) is 3.84. The molecule has 0 saturated heterocycles. The van der Waals surface area contributed by atoms with Crippen molar-refractivity contribution < 1.29 is 14.6 Å². The van der Waals surface area contributed by atoms with E-state index in [1.54, 1.807) is 6.20 Å². The summed E-state index contributed by atoms with van der Waals surface area (Å²) in [6.45, 7) is 7.08. The first kappa shape index (κ1) is 16.9. The molecule has 0 amide bonds. The maximum Gasteiger partial charge on any atom is 0.228 e. The average molecular weight is 328 g/mol. The van der Waals surface area contributed by atoms with Crippen molar-refractivity contribution in [2.45, 2.75) is 45.3 Å². The van der Waals surface area contributed by atoms with Gasteiger partial charge >= 0.3 is 0 Å². The van der Waals surface area contributed by atoms with Crippen LogP contribution in [0.2, 0.25) is 0 Å². The van der Waals surface area contributed by atoms with Crippen molar-refractivity contribution in [1.29, 1.82) is 0 Å². The second-order valence-electron chi connectivity index (χ2n) is 7.05. The van der Waals surface area contributed by atoms with Crippen LogP contribution >= 0.6 is 0 Å². The van der Waals surface area contributed by atoms with E-state index >= 15 is 0 Å². The zero-order valence-corrected chi connectivity index (χ0v) is 14.3. The number of aliphatic hydroxyl groups is 1. The van der Waals surface area contributed by atoms with Crippen molar-refractivity contribution in [3.05, 3.63) is 59.3 Å². The Hall–Kier alpha value is -1.95. The Morgan fingerprint density at radius 3 is 2.75 bits per heavy atom. The number of nitrogens with one attached hydrogen (secondary N) is 1. The summed E-state index contributed by atoms with van der Waals surface area (Å²) in [5, 5.41) is 13.6. The summed E-state index contributed by atoms with van der Waals surface area (Å²) in [7, 11) is 0. The number of ether oxygens (including phenoxy) is 2. The Labute approximate surface area is 142 Å². The monoisotopic (exact) mass is 328 g/mol. The Kier molecular flexibility index (Phi) is 4.85. The second-order valence-corrected chi connectivity index (χ2v) is 7.05.